The summed E-state index contributed by atoms with van der Waals surface area (Å²) in [6.07, 6.45) is 1.27. The van der Waals surface area contributed by atoms with Crippen LogP contribution in [0.15, 0.2) is 18.2 Å². The Morgan fingerprint density at radius 1 is 1.47 bits per heavy atom. The fourth-order valence-corrected chi connectivity index (χ4v) is 1.66. The van der Waals surface area contributed by atoms with Crippen molar-refractivity contribution in [2.75, 3.05) is 19.0 Å². The molecular formula is C12H14N2O3. The second-order valence-corrected chi connectivity index (χ2v) is 3.83. The molecule has 0 saturated heterocycles. The molecule has 17 heavy (non-hydrogen) atoms. The van der Waals surface area contributed by atoms with Gasteiger partial charge in [-0.2, -0.15) is 0 Å². The maximum Gasteiger partial charge on any atom is 0.257 e. The third-order valence-corrected chi connectivity index (χ3v) is 2.63. The van der Waals surface area contributed by atoms with E-state index < -0.39 is 0 Å². The molecule has 0 unspecified atom stereocenters. The van der Waals surface area contributed by atoms with E-state index in [4.69, 9.17) is 4.74 Å². The number of hydrogen-bond acceptors (Lipinski definition) is 3. The normalized spacial score (nSPS) is 13.6. The minimum absolute atomic E-state index is 0.0148. The van der Waals surface area contributed by atoms with Crippen molar-refractivity contribution < 1.29 is 14.3 Å². The van der Waals surface area contributed by atoms with Crippen LogP contribution in [0.2, 0.25) is 0 Å². The summed E-state index contributed by atoms with van der Waals surface area (Å²) in [5.41, 5.74) is 1.87. The highest BCUT2D eigenvalue weighted by Crippen LogP contribution is 2.26. The second kappa shape index (κ2) is 4.86. The van der Waals surface area contributed by atoms with E-state index in [1.165, 1.54) is 0 Å². The van der Waals surface area contributed by atoms with Gasteiger partial charge in [-0.25, -0.2) is 0 Å². The molecule has 2 N–H and O–H groups in total. The highest BCUT2D eigenvalue weighted by Gasteiger charge is 2.15. The Bertz CT molecular complexity index is 457. The minimum atomic E-state index is -0.188. The standard InChI is InChI=1S/C12H14N2O3/c1-13-12(16)7-17-9-4-2-8-3-5-11(15)14-10(8)6-9/h2,4,6H,3,5,7H2,1H3,(H,13,16)(H,14,15). The van der Waals surface area contributed by atoms with Crippen molar-refractivity contribution in [3.05, 3.63) is 23.8 Å². The average Bonchev–Trinajstić information content (AvgIpc) is 2.35. The number of carbonyl (C=O) groups excluding carboxylic acids is 2. The highest BCUT2D eigenvalue weighted by molar-refractivity contribution is 5.94. The van der Waals surface area contributed by atoms with E-state index in [1.54, 1.807) is 19.2 Å². The smallest absolute Gasteiger partial charge is 0.257 e. The first kappa shape index (κ1) is 11.4. The Morgan fingerprint density at radius 3 is 3.06 bits per heavy atom. The second-order valence-electron chi connectivity index (χ2n) is 3.83. The summed E-state index contributed by atoms with van der Waals surface area (Å²) >= 11 is 0. The van der Waals surface area contributed by atoms with E-state index in [1.807, 2.05) is 6.07 Å². The summed E-state index contributed by atoms with van der Waals surface area (Å²) in [7, 11) is 1.55. The number of ether oxygens (including phenoxy) is 1. The summed E-state index contributed by atoms with van der Waals surface area (Å²) in [6, 6.07) is 5.46. The predicted octanol–water partition coefficient (Wildman–Crippen LogP) is 0.696. The van der Waals surface area contributed by atoms with Crippen LogP contribution in [0, 0.1) is 0 Å². The number of nitrogens with one attached hydrogen (secondary N) is 2. The van der Waals surface area contributed by atoms with E-state index in [0.717, 1.165) is 17.7 Å². The van der Waals surface area contributed by atoms with Gasteiger partial charge in [-0.3, -0.25) is 9.59 Å². The van der Waals surface area contributed by atoms with Gasteiger partial charge in [0.15, 0.2) is 6.61 Å². The van der Waals surface area contributed by atoms with Gasteiger partial charge in [-0.05, 0) is 18.1 Å². The zero-order valence-electron chi connectivity index (χ0n) is 9.58. The molecule has 0 fully saturated rings. The highest BCUT2D eigenvalue weighted by atomic mass is 16.5. The van der Waals surface area contributed by atoms with Crippen molar-refractivity contribution in [3.63, 3.8) is 0 Å². The van der Waals surface area contributed by atoms with Gasteiger partial charge >= 0.3 is 0 Å². The van der Waals surface area contributed by atoms with Crippen molar-refractivity contribution in [3.8, 4) is 5.75 Å². The molecule has 1 heterocycles. The molecule has 90 valence electrons. The molecule has 0 bridgehead atoms. The van der Waals surface area contributed by atoms with Crippen LogP contribution in [-0.2, 0) is 16.0 Å². The first-order chi connectivity index (χ1) is 8.19. The predicted molar refractivity (Wildman–Crippen MR) is 63.0 cm³/mol. The van der Waals surface area contributed by atoms with Crippen LogP contribution in [0.3, 0.4) is 0 Å². The topological polar surface area (TPSA) is 67.4 Å². The monoisotopic (exact) mass is 234 g/mol. The van der Waals surface area contributed by atoms with E-state index in [-0.39, 0.29) is 18.4 Å². The summed E-state index contributed by atoms with van der Waals surface area (Å²) in [5.74, 6) is 0.405. The van der Waals surface area contributed by atoms with Crippen LogP contribution < -0.4 is 15.4 Å². The van der Waals surface area contributed by atoms with Crippen LogP contribution in [0.5, 0.6) is 5.75 Å². The lowest BCUT2D eigenvalue weighted by atomic mass is 10.0. The average molecular weight is 234 g/mol. The maximum atomic E-state index is 11.2. The van der Waals surface area contributed by atoms with E-state index in [2.05, 4.69) is 10.6 Å². The number of likely N-dealkylation sites (N-methyl/N-ethyl adjacent to an activating group) is 1. The largest absolute Gasteiger partial charge is 0.484 e. The Balaban J connectivity index is 2.07. The summed E-state index contributed by atoms with van der Waals surface area (Å²) in [6.45, 7) is -0.0246. The number of anilines is 1. The van der Waals surface area contributed by atoms with Crippen LogP contribution in [0.1, 0.15) is 12.0 Å². The van der Waals surface area contributed by atoms with E-state index in [9.17, 15) is 9.59 Å². The number of aryl methyl sites for hydroxylation is 1. The fraction of sp³-hybridized carbons (Fsp3) is 0.333. The number of rotatable bonds is 3. The lowest BCUT2D eigenvalue weighted by Crippen LogP contribution is -2.25. The molecule has 5 nitrogen and oxygen atoms in total. The number of fused-ring (bicyclic) bond motifs is 1. The fourth-order valence-electron chi connectivity index (χ4n) is 1.66. The Hall–Kier alpha value is -2.04. The third-order valence-electron chi connectivity index (χ3n) is 2.63. The Labute approximate surface area is 99.2 Å². The van der Waals surface area contributed by atoms with Crippen LogP contribution >= 0.6 is 0 Å². The molecule has 0 saturated carbocycles. The Morgan fingerprint density at radius 2 is 2.29 bits per heavy atom. The molecule has 0 atom stereocenters. The summed E-state index contributed by atoms with van der Waals surface area (Å²) in [5, 5.41) is 5.25. The SMILES string of the molecule is CNC(=O)COc1ccc2c(c1)NC(=O)CC2. The van der Waals surface area contributed by atoms with Crippen LogP contribution in [0.25, 0.3) is 0 Å². The van der Waals surface area contributed by atoms with Gasteiger partial charge < -0.3 is 15.4 Å². The molecule has 1 aromatic rings. The van der Waals surface area contributed by atoms with E-state index in [0.29, 0.717) is 12.2 Å². The number of amides is 2. The van der Waals surface area contributed by atoms with Crippen LogP contribution in [0.4, 0.5) is 5.69 Å². The molecular weight excluding hydrogens is 220 g/mol. The van der Waals surface area contributed by atoms with E-state index >= 15 is 0 Å². The van der Waals surface area contributed by atoms with Gasteiger partial charge in [0.2, 0.25) is 5.91 Å². The molecule has 1 aliphatic heterocycles. The molecule has 1 aromatic carbocycles. The molecule has 0 aromatic heterocycles. The van der Waals surface area contributed by atoms with Gasteiger partial charge in [-0.15, -0.1) is 0 Å². The Kier molecular flexibility index (Phi) is 3.27. The summed E-state index contributed by atoms with van der Waals surface area (Å²) in [4.78, 5) is 22.3. The molecule has 0 radical (unpaired) electrons. The van der Waals surface area contributed by atoms with Gasteiger partial charge in [-0.1, -0.05) is 6.07 Å². The molecule has 1 aliphatic rings. The third kappa shape index (κ3) is 2.75. The molecule has 2 amide bonds. The van der Waals surface area contributed by atoms with Gasteiger partial charge in [0.25, 0.3) is 5.91 Å². The molecule has 5 heteroatoms. The van der Waals surface area contributed by atoms with Crippen LogP contribution in [-0.4, -0.2) is 25.5 Å². The van der Waals surface area contributed by atoms with Crippen molar-refractivity contribution in [2.24, 2.45) is 0 Å². The molecule has 0 spiro atoms. The first-order valence-corrected chi connectivity index (χ1v) is 5.45. The van der Waals surface area contributed by atoms with Crippen molar-refractivity contribution >= 4 is 17.5 Å². The molecule has 0 aliphatic carbocycles. The minimum Gasteiger partial charge on any atom is -0.484 e. The number of hydrogen-bond donors (Lipinski definition) is 2. The zero-order chi connectivity index (χ0) is 12.3. The zero-order valence-corrected chi connectivity index (χ0v) is 9.58. The maximum absolute atomic E-state index is 11.2. The quantitative estimate of drug-likeness (QED) is 0.808. The first-order valence-electron chi connectivity index (χ1n) is 5.45. The van der Waals surface area contributed by atoms with Gasteiger partial charge in [0.05, 0.1) is 0 Å². The van der Waals surface area contributed by atoms with Crippen molar-refractivity contribution in [1.29, 1.82) is 0 Å². The lowest BCUT2D eigenvalue weighted by Gasteiger charge is -2.17. The van der Waals surface area contributed by atoms with Gasteiger partial charge in [0, 0.05) is 25.2 Å². The lowest BCUT2D eigenvalue weighted by molar-refractivity contribution is -0.122. The van der Waals surface area contributed by atoms with Crippen molar-refractivity contribution in [1.82, 2.24) is 5.32 Å². The van der Waals surface area contributed by atoms with Gasteiger partial charge in [0.1, 0.15) is 5.75 Å². The number of benzene rings is 1. The molecule has 2 rings (SSSR count). The van der Waals surface area contributed by atoms with Crippen molar-refractivity contribution in [2.45, 2.75) is 12.8 Å². The number of carbonyl (C=O) groups is 2. The summed E-state index contributed by atoms with van der Waals surface area (Å²) < 4.78 is 5.30.